The maximum absolute atomic E-state index is 5.16. The number of hydrogen-bond acceptors (Lipinski definition) is 4. The fourth-order valence-electron chi connectivity index (χ4n) is 1.21. The molecule has 0 saturated carbocycles. The van der Waals surface area contributed by atoms with Gasteiger partial charge in [-0.2, -0.15) is 0 Å². The van der Waals surface area contributed by atoms with Crippen LogP contribution in [0.4, 0.5) is 5.13 Å². The Bertz CT molecular complexity index is 481. The Labute approximate surface area is 121 Å². The van der Waals surface area contributed by atoms with Gasteiger partial charge in [0, 0.05) is 23.0 Å². The van der Waals surface area contributed by atoms with Crippen LogP contribution in [0.3, 0.4) is 0 Å². The summed E-state index contributed by atoms with van der Waals surface area (Å²) in [6, 6.07) is 4.18. The second-order valence-electron chi connectivity index (χ2n) is 3.17. The van der Waals surface area contributed by atoms with Crippen LogP contribution in [-0.2, 0) is 6.42 Å². The summed E-state index contributed by atoms with van der Waals surface area (Å²) in [4.78, 5) is 5.44. The molecule has 90 valence electrons. The van der Waals surface area contributed by atoms with Gasteiger partial charge in [0.15, 0.2) is 10.2 Å². The molecule has 0 saturated heterocycles. The van der Waals surface area contributed by atoms with E-state index in [1.54, 1.807) is 17.5 Å². The van der Waals surface area contributed by atoms with Crippen LogP contribution in [0, 0.1) is 0 Å². The average molecular weight is 348 g/mol. The van der Waals surface area contributed by atoms with Crippen molar-refractivity contribution in [2.45, 2.75) is 6.42 Å². The first-order valence-electron chi connectivity index (χ1n) is 4.92. The van der Waals surface area contributed by atoms with Crippen LogP contribution >= 0.6 is 50.8 Å². The van der Waals surface area contributed by atoms with Crippen molar-refractivity contribution in [1.82, 2.24) is 10.3 Å². The lowest BCUT2D eigenvalue weighted by Crippen LogP contribution is -2.29. The maximum atomic E-state index is 5.16. The van der Waals surface area contributed by atoms with E-state index in [4.69, 9.17) is 12.2 Å². The van der Waals surface area contributed by atoms with Crippen LogP contribution in [0.1, 0.15) is 4.88 Å². The minimum Gasteiger partial charge on any atom is -0.362 e. The van der Waals surface area contributed by atoms with Gasteiger partial charge in [-0.3, -0.25) is 0 Å². The quantitative estimate of drug-likeness (QED) is 0.830. The summed E-state index contributed by atoms with van der Waals surface area (Å²) in [5, 5.41) is 9.54. The van der Waals surface area contributed by atoms with Gasteiger partial charge in [0.2, 0.25) is 0 Å². The van der Waals surface area contributed by atoms with Gasteiger partial charge in [0.05, 0.1) is 3.79 Å². The fraction of sp³-hybridized carbons (Fsp3) is 0.200. The van der Waals surface area contributed by atoms with E-state index in [2.05, 4.69) is 43.7 Å². The number of thiophene rings is 1. The van der Waals surface area contributed by atoms with Crippen LogP contribution in [-0.4, -0.2) is 16.6 Å². The zero-order valence-corrected chi connectivity index (χ0v) is 12.8. The van der Waals surface area contributed by atoms with Crippen molar-refractivity contribution in [3.05, 3.63) is 32.4 Å². The Morgan fingerprint density at radius 3 is 3.00 bits per heavy atom. The van der Waals surface area contributed by atoms with E-state index >= 15 is 0 Å². The minimum atomic E-state index is 0.621. The molecule has 0 fully saturated rings. The van der Waals surface area contributed by atoms with Crippen molar-refractivity contribution in [3.8, 4) is 0 Å². The molecule has 0 unspecified atom stereocenters. The van der Waals surface area contributed by atoms with E-state index in [9.17, 15) is 0 Å². The fourth-order valence-corrected chi connectivity index (χ4v) is 3.49. The second kappa shape index (κ2) is 6.44. The lowest BCUT2D eigenvalue weighted by molar-refractivity contribution is 0.885. The van der Waals surface area contributed by atoms with E-state index in [1.807, 2.05) is 5.38 Å². The van der Waals surface area contributed by atoms with Crippen molar-refractivity contribution < 1.29 is 0 Å². The van der Waals surface area contributed by atoms with Gasteiger partial charge in [-0.1, -0.05) is 0 Å². The first-order valence-corrected chi connectivity index (χ1v) is 7.82. The van der Waals surface area contributed by atoms with Gasteiger partial charge >= 0.3 is 0 Å². The molecule has 0 bridgehead atoms. The van der Waals surface area contributed by atoms with Crippen LogP contribution in [0.25, 0.3) is 0 Å². The van der Waals surface area contributed by atoms with E-state index < -0.39 is 0 Å². The van der Waals surface area contributed by atoms with Crippen LogP contribution in [0.2, 0.25) is 0 Å². The molecule has 0 aliphatic heterocycles. The highest BCUT2D eigenvalue weighted by Crippen LogP contribution is 2.22. The number of anilines is 1. The van der Waals surface area contributed by atoms with Gasteiger partial charge in [-0.05, 0) is 46.7 Å². The summed E-state index contributed by atoms with van der Waals surface area (Å²) < 4.78 is 1.16. The van der Waals surface area contributed by atoms with Gasteiger partial charge in [-0.15, -0.1) is 22.7 Å². The second-order valence-corrected chi connectivity index (χ2v) is 7.02. The van der Waals surface area contributed by atoms with Crippen molar-refractivity contribution in [1.29, 1.82) is 0 Å². The van der Waals surface area contributed by atoms with Gasteiger partial charge < -0.3 is 10.6 Å². The largest absolute Gasteiger partial charge is 0.362 e. The van der Waals surface area contributed by atoms with Gasteiger partial charge in [0.1, 0.15) is 0 Å². The molecule has 0 aromatic carbocycles. The molecular weight excluding hydrogens is 338 g/mol. The highest BCUT2D eigenvalue weighted by Gasteiger charge is 2.00. The normalized spacial score (nSPS) is 10.2. The summed E-state index contributed by atoms with van der Waals surface area (Å²) in [5.41, 5.74) is 0. The van der Waals surface area contributed by atoms with Crippen LogP contribution in [0.15, 0.2) is 27.5 Å². The minimum absolute atomic E-state index is 0.621. The van der Waals surface area contributed by atoms with E-state index in [0.29, 0.717) is 5.11 Å². The Morgan fingerprint density at radius 1 is 1.47 bits per heavy atom. The SMILES string of the molecule is S=C(NCCc1ccc(Br)s1)Nc1nccs1. The molecule has 17 heavy (non-hydrogen) atoms. The highest BCUT2D eigenvalue weighted by atomic mass is 79.9. The number of nitrogens with one attached hydrogen (secondary N) is 2. The molecule has 2 rings (SSSR count). The Hall–Kier alpha value is -0.500. The third kappa shape index (κ3) is 4.34. The molecular formula is C10H10BrN3S3. The Morgan fingerprint density at radius 2 is 2.35 bits per heavy atom. The molecule has 0 aliphatic carbocycles. The van der Waals surface area contributed by atoms with Crippen molar-refractivity contribution in [2.24, 2.45) is 0 Å². The van der Waals surface area contributed by atoms with E-state index in [0.717, 1.165) is 21.9 Å². The molecule has 7 heteroatoms. The van der Waals surface area contributed by atoms with Gasteiger partial charge in [0.25, 0.3) is 0 Å². The summed E-state index contributed by atoms with van der Waals surface area (Å²) >= 11 is 11.9. The number of thiazole rings is 1. The topological polar surface area (TPSA) is 37.0 Å². The summed E-state index contributed by atoms with van der Waals surface area (Å²) in [5.74, 6) is 0. The summed E-state index contributed by atoms with van der Waals surface area (Å²) in [7, 11) is 0. The van der Waals surface area contributed by atoms with Crippen molar-refractivity contribution in [2.75, 3.05) is 11.9 Å². The molecule has 2 aromatic heterocycles. The molecule has 2 aromatic rings. The maximum Gasteiger partial charge on any atom is 0.188 e. The predicted octanol–water partition coefficient (Wildman–Crippen LogP) is 3.50. The Kier molecular flexibility index (Phi) is 4.90. The standard InChI is InChI=1S/C10H10BrN3S3/c11-8-2-1-7(17-8)3-4-12-9(15)14-10-13-5-6-16-10/h1-2,5-6H,3-4H2,(H2,12,13,14,15). The van der Waals surface area contributed by atoms with Crippen LogP contribution < -0.4 is 10.6 Å². The number of rotatable bonds is 4. The first kappa shape index (κ1) is 12.9. The number of aromatic nitrogens is 1. The molecule has 3 nitrogen and oxygen atoms in total. The number of thiocarbonyl (C=S) groups is 1. The molecule has 0 spiro atoms. The smallest absolute Gasteiger partial charge is 0.188 e. The molecule has 0 atom stereocenters. The highest BCUT2D eigenvalue weighted by molar-refractivity contribution is 9.11. The lowest BCUT2D eigenvalue weighted by Gasteiger charge is -2.07. The summed E-state index contributed by atoms with van der Waals surface area (Å²) in [6.07, 6.45) is 2.72. The zero-order chi connectivity index (χ0) is 12.1. The predicted molar refractivity (Wildman–Crippen MR) is 82.1 cm³/mol. The number of nitrogens with zero attached hydrogens (tertiary/aromatic N) is 1. The third-order valence-corrected chi connectivity index (χ3v) is 4.56. The average Bonchev–Trinajstić information content (AvgIpc) is 2.90. The lowest BCUT2D eigenvalue weighted by atomic mass is 10.3. The van der Waals surface area contributed by atoms with Crippen molar-refractivity contribution in [3.63, 3.8) is 0 Å². The van der Waals surface area contributed by atoms with Crippen molar-refractivity contribution >= 4 is 61.1 Å². The Balaban J connectivity index is 1.70. The third-order valence-electron chi connectivity index (χ3n) is 1.94. The first-order chi connectivity index (χ1) is 8.24. The number of hydrogen-bond donors (Lipinski definition) is 2. The molecule has 2 heterocycles. The van der Waals surface area contributed by atoms with E-state index in [-0.39, 0.29) is 0 Å². The zero-order valence-electron chi connectivity index (χ0n) is 8.77. The van der Waals surface area contributed by atoms with Crippen LogP contribution in [0.5, 0.6) is 0 Å². The van der Waals surface area contributed by atoms with Gasteiger partial charge in [-0.25, -0.2) is 4.98 Å². The number of halogens is 1. The summed E-state index contributed by atoms with van der Waals surface area (Å²) in [6.45, 7) is 0.824. The molecule has 2 N–H and O–H groups in total. The van der Waals surface area contributed by atoms with E-state index in [1.165, 1.54) is 16.2 Å². The molecule has 0 amide bonds. The molecule has 0 aliphatic rings. The monoisotopic (exact) mass is 347 g/mol. The molecule has 0 radical (unpaired) electrons.